The van der Waals surface area contributed by atoms with Crippen LogP contribution in [0.3, 0.4) is 0 Å². The second-order valence-electron chi connectivity index (χ2n) is 4.39. The molecule has 0 unspecified atom stereocenters. The van der Waals surface area contributed by atoms with Crippen molar-refractivity contribution in [3.63, 3.8) is 0 Å². The molecule has 0 aromatic carbocycles. The molecule has 2 N–H and O–H groups in total. The summed E-state index contributed by atoms with van der Waals surface area (Å²) in [6.07, 6.45) is 3.56. The predicted molar refractivity (Wildman–Crippen MR) is 56.8 cm³/mol. The van der Waals surface area contributed by atoms with Crippen molar-refractivity contribution in [1.29, 1.82) is 0 Å². The van der Waals surface area contributed by atoms with Crippen molar-refractivity contribution in [2.75, 3.05) is 0 Å². The molecular weight excluding hydrogens is 186 g/mol. The summed E-state index contributed by atoms with van der Waals surface area (Å²) in [6.45, 7) is 6.06. The van der Waals surface area contributed by atoms with Crippen molar-refractivity contribution in [3.8, 4) is 0 Å². The molecule has 0 aromatic rings. The normalized spacial score (nSPS) is 14.2. The van der Waals surface area contributed by atoms with Crippen LogP contribution in [0.25, 0.3) is 0 Å². The minimum Gasteiger partial charge on any atom is -0.370 e. The van der Waals surface area contributed by atoms with E-state index in [9.17, 15) is 4.79 Å². The highest BCUT2D eigenvalue weighted by molar-refractivity contribution is 6.23. The highest BCUT2D eigenvalue weighted by Crippen LogP contribution is 2.22. The van der Waals surface area contributed by atoms with E-state index in [0.717, 1.165) is 19.3 Å². The van der Waals surface area contributed by atoms with Crippen molar-refractivity contribution in [2.24, 2.45) is 11.7 Å². The van der Waals surface area contributed by atoms with Crippen LogP contribution in [-0.2, 0) is 4.79 Å². The molecule has 0 heterocycles. The molecule has 0 aliphatic carbocycles. The Balaban J connectivity index is 3.48. The van der Waals surface area contributed by atoms with E-state index >= 15 is 0 Å². The number of hydrogen-bond acceptors (Lipinski definition) is 1. The van der Waals surface area contributed by atoms with Crippen LogP contribution in [0.5, 0.6) is 0 Å². The van der Waals surface area contributed by atoms with Gasteiger partial charge >= 0.3 is 0 Å². The van der Waals surface area contributed by atoms with Crippen LogP contribution in [0.1, 0.15) is 46.5 Å². The van der Waals surface area contributed by atoms with E-state index in [1.54, 1.807) is 0 Å². The lowest BCUT2D eigenvalue weighted by Gasteiger charge is -2.16. The third-order valence-corrected chi connectivity index (χ3v) is 2.21. The number of amides is 1. The third kappa shape index (κ3) is 9.68. The summed E-state index contributed by atoms with van der Waals surface area (Å²) in [6, 6.07) is 0. The maximum Gasteiger partial charge on any atom is 0.217 e. The van der Waals surface area contributed by atoms with Gasteiger partial charge in [0.25, 0.3) is 0 Å². The molecule has 2 nitrogen and oxygen atoms in total. The van der Waals surface area contributed by atoms with E-state index in [0.29, 0.717) is 12.3 Å². The van der Waals surface area contributed by atoms with Crippen molar-refractivity contribution >= 4 is 17.5 Å². The average Bonchev–Trinajstić information content (AvgIpc) is 1.81. The minimum atomic E-state index is -0.211. The largest absolute Gasteiger partial charge is 0.370 e. The molecule has 0 fully saturated rings. The lowest BCUT2D eigenvalue weighted by molar-refractivity contribution is -0.118. The van der Waals surface area contributed by atoms with Gasteiger partial charge in [0.1, 0.15) is 0 Å². The van der Waals surface area contributed by atoms with E-state index in [-0.39, 0.29) is 10.8 Å². The quantitative estimate of drug-likeness (QED) is 0.666. The topological polar surface area (TPSA) is 43.1 Å². The minimum absolute atomic E-state index is 0.119. The van der Waals surface area contributed by atoms with Gasteiger partial charge in [0.05, 0.1) is 0 Å². The SMILES string of the molecule is C[C@@H](CCCC(C)(C)Cl)CC(N)=O. The maximum atomic E-state index is 10.6. The van der Waals surface area contributed by atoms with E-state index in [4.69, 9.17) is 17.3 Å². The molecule has 0 saturated heterocycles. The van der Waals surface area contributed by atoms with Gasteiger partial charge in [-0.1, -0.05) is 19.8 Å². The Morgan fingerprint density at radius 1 is 1.54 bits per heavy atom. The Morgan fingerprint density at radius 3 is 2.46 bits per heavy atom. The van der Waals surface area contributed by atoms with Gasteiger partial charge in [0.2, 0.25) is 5.91 Å². The number of halogens is 1. The first kappa shape index (κ1) is 12.8. The highest BCUT2D eigenvalue weighted by atomic mass is 35.5. The van der Waals surface area contributed by atoms with Crippen LogP contribution >= 0.6 is 11.6 Å². The summed E-state index contributed by atoms with van der Waals surface area (Å²) in [7, 11) is 0. The molecule has 0 aliphatic heterocycles. The van der Waals surface area contributed by atoms with Crippen LogP contribution in [0, 0.1) is 5.92 Å². The number of nitrogens with two attached hydrogens (primary N) is 1. The molecule has 3 heteroatoms. The Hall–Kier alpha value is -0.240. The molecule has 0 aromatic heterocycles. The van der Waals surface area contributed by atoms with Crippen molar-refractivity contribution in [1.82, 2.24) is 0 Å². The number of rotatable bonds is 6. The lowest BCUT2D eigenvalue weighted by atomic mass is 9.97. The zero-order chi connectivity index (χ0) is 10.5. The average molecular weight is 206 g/mol. The molecule has 0 spiro atoms. The Morgan fingerprint density at radius 2 is 2.08 bits per heavy atom. The Labute approximate surface area is 85.8 Å². The van der Waals surface area contributed by atoms with Gasteiger partial charge in [0, 0.05) is 11.3 Å². The number of hydrogen-bond donors (Lipinski definition) is 1. The molecule has 0 bridgehead atoms. The van der Waals surface area contributed by atoms with Gasteiger partial charge in [-0.3, -0.25) is 4.79 Å². The van der Waals surface area contributed by atoms with Crippen molar-refractivity contribution < 1.29 is 4.79 Å². The van der Waals surface area contributed by atoms with Crippen LogP contribution in [-0.4, -0.2) is 10.8 Å². The van der Waals surface area contributed by atoms with Crippen LogP contribution in [0.2, 0.25) is 0 Å². The Kier molecular flexibility index (Phi) is 5.38. The first-order chi connectivity index (χ1) is 5.81. The molecule has 0 aliphatic rings. The maximum absolute atomic E-state index is 10.6. The van der Waals surface area contributed by atoms with Crippen molar-refractivity contribution in [2.45, 2.75) is 51.3 Å². The number of alkyl halides is 1. The lowest BCUT2D eigenvalue weighted by Crippen LogP contribution is -2.15. The van der Waals surface area contributed by atoms with Crippen molar-refractivity contribution in [3.05, 3.63) is 0 Å². The smallest absolute Gasteiger partial charge is 0.217 e. The highest BCUT2D eigenvalue weighted by Gasteiger charge is 2.13. The number of primary amides is 1. The molecule has 13 heavy (non-hydrogen) atoms. The van der Waals surface area contributed by atoms with Gasteiger partial charge in [-0.15, -0.1) is 11.6 Å². The van der Waals surface area contributed by atoms with Gasteiger partial charge in [-0.05, 0) is 26.2 Å². The summed E-state index contributed by atoms with van der Waals surface area (Å²) < 4.78 is 0. The molecule has 0 saturated carbocycles. The third-order valence-electron chi connectivity index (χ3n) is 2.02. The summed E-state index contributed by atoms with van der Waals surface area (Å²) in [4.78, 5) is 10.4. The second kappa shape index (κ2) is 5.48. The molecular formula is C10H20ClNO. The zero-order valence-corrected chi connectivity index (χ0v) is 9.53. The van der Waals surface area contributed by atoms with Crippen LogP contribution in [0.15, 0.2) is 0 Å². The predicted octanol–water partition coefficient (Wildman–Crippen LogP) is 2.69. The molecule has 1 amide bonds. The molecule has 1 atom stereocenters. The van der Waals surface area contributed by atoms with E-state index in [2.05, 4.69) is 0 Å². The van der Waals surface area contributed by atoms with Gasteiger partial charge in [-0.25, -0.2) is 0 Å². The molecule has 78 valence electrons. The summed E-state index contributed by atoms with van der Waals surface area (Å²) in [5.74, 6) is 0.175. The monoisotopic (exact) mass is 205 g/mol. The van der Waals surface area contributed by atoms with E-state index < -0.39 is 0 Å². The first-order valence-corrected chi connectivity index (χ1v) is 5.16. The summed E-state index contributed by atoms with van der Waals surface area (Å²) in [5, 5.41) is 0. The molecule has 0 radical (unpaired) electrons. The van der Waals surface area contributed by atoms with Gasteiger partial charge in [-0.2, -0.15) is 0 Å². The Bertz CT molecular complexity index is 163. The zero-order valence-electron chi connectivity index (χ0n) is 8.77. The first-order valence-electron chi connectivity index (χ1n) is 4.78. The van der Waals surface area contributed by atoms with E-state index in [1.165, 1.54) is 0 Å². The fraction of sp³-hybridized carbons (Fsp3) is 0.900. The fourth-order valence-electron chi connectivity index (χ4n) is 1.32. The van der Waals surface area contributed by atoms with Crippen LogP contribution in [0.4, 0.5) is 0 Å². The summed E-state index contributed by atoms with van der Waals surface area (Å²) >= 11 is 6.03. The van der Waals surface area contributed by atoms with Gasteiger partial charge < -0.3 is 5.73 Å². The second-order valence-corrected chi connectivity index (χ2v) is 5.41. The standard InChI is InChI=1S/C10H20ClNO/c1-8(7-9(12)13)5-4-6-10(2,3)11/h8H,4-7H2,1-3H3,(H2,12,13)/t8-/m0/s1. The fourth-order valence-corrected chi connectivity index (χ4v) is 1.45. The number of carbonyl (C=O) groups excluding carboxylic acids is 1. The number of carbonyl (C=O) groups is 1. The van der Waals surface area contributed by atoms with Gasteiger partial charge in [0.15, 0.2) is 0 Å². The van der Waals surface area contributed by atoms with Crippen LogP contribution < -0.4 is 5.73 Å². The molecule has 0 rings (SSSR count). The summed E-state index contributed by atoms with van der Waals surface area (Å²) in [5.41, 5.74) is 5.09. The van der Waals surface area contributed by atoms with E-state index in [1.807, 2.05) is 20.8 Å².